The number of aromatic nitrogens is 1. The van der Waals surface area contributed by atoms with Gasteiger partial charge >= 0.3 is 0 Å². The zero-order chi connectivity index (χ0) is 14.0. The fraction of sp³-hybridized carbons (Fsp3) is 0.800. The summed E-state index contributed by atoms with van der Waals surface area (Å²) in [5, 5.41) is 6.99. The largest absolute Gasteiger partial charge is 0.311 e. The minimum absolute atomic E-state index is 0.0327. The lowest BCUT2D eigenvalue weighted by Gasteiger charge is -2.47. The van der Waals surface area contributed by atoms with Crippen LogP contribution in [0.3, 0.4) is 0 Å². The van der Waals surface area contributed by atoms with Crippen LogP contribution in [0.15, 0.2) is 11.6 Å². The Labute approximate surface area is 121 Å². The molecule has 0 amide bonds. The van der Waals surface area contributed by atoms with Crippen molar-refractivity contribution in [1.82, 2.24) is 15.2 Å². The van der Waals surface area contributed by atoms with Crippen LogP contribution in [0, 0.1) is 5.92 Å². The number of nitrogens with zero attached hydrogens (tertiary/aromatic N) is 2. The van der Waals surface area contributed by atoms with Gasteiger partial charge < -0.3 is 5.32 Å². The third kappa shape index (κ3) is 3.36. The van der Waals surface area contributed by atoms with Gasteiger partial charge in [0.25, 0.3) is 0 Å². The van der Waals surface area contributed by atoms with E-state index in [-0.39, 0.29) is 5.54 Å². The van der Waals surface area contributed by atoms with Gasteiger partial charge in [0.05, 0.1) is 5.54 Å². The highest BCUT2D eigenvalue weighted by atomic mass is 32.1. The molecular formula is C15H27N3S. The summed E-state index contributed by atoms with van der Waals surface area (Å²) < 4.78 is 0. The number of thiazole rings is 1. The third-order valence-electron chi connectivity index (χ3n) is 4.08. The number of piperazine rings is 1. The maximum absolute atomic E-state index is 4.54. The zero-order valence-electron chi connectivity index (χ0n) is 12.8. The Kier molecular flexibility index (Phi) is 4.64. The lowest BCUT2D eigenvalue weighted by atomic mass is 9.94. The predicted octanol–water partition coefficient (Wildman–Crippen LogP) is 3.09. The molecule has 19 heavy (non-hydrogen) atoms. The summed E-state index contributed by atoms with van der Waals surface area (Å²) in [7, 11) is 0. The maximum atomic E-state index is 4.54. The van der Waals surface area contributed by atoms with Crippen LogP contribution in [-0.4, -0.2) is 35.1 Å². The molecule has 0 aliphatic carbocycles. The minimum atomic E-state index is 0.0327. The summed E-state index contributed by atoms with van der Waals surface area (Å²) in [5.41, 5.74) is 0.0327. The van der Waals surface area contributed by atoms with Crippen molar-refractivity contribution in [3.63, 3.8) is 0 Å². The van der Waals surface area contributed by atoms with E-state index in [2.05, 4.69) is 55.2 Å². The third-order valence-corrected chi connectivity index (χ3v) is 5.17. The molecule has 0 saturated carbocycles. The first-order chi connectivity index (χ1) is 8.91. The van der Waals surface area contributed by atoms with Gasteiger partial charge in [-0.05, 0) is 33.1 Å². The van der Waals surface area contributed by atoms with Gasteiger partial charge in [0.15, 0.2) is 0 Å². The lowest BCUT2D eigenvalue weighted by Crippen LogP contribution is -2.60. The first-order valence-electron chi connectivity index (χ1n) is 7.31. The van der Waals surface area contributed by atoms with Crippen molar-refractivity contribution < 1.29 is 0 Å². The van der Waals surface area contributed by atoms with Gasteiger partial charge in [0.2, 0.25) is 0 Å². The van der Waals surface area contributed by atoms with E-state index in [1.807, 2.05) is 6.20 Å². The van der Waals surface area contributed by atoms with Crippen molar-refractivity contribution >= 4 is 11.3 Å². The van der Waals surface area contributed by atoms with E-state index in [1.165, 1.54) is 11.4 Å². The highest BCUT2D eigenvalue weighted by molar-refractivity contribution is 7.09. The number of nitrogens with one attached hydrogen (secondary N) is 1. The van der Waals surface area contributed by atoms with Crippen LogP contribution in [0.1, 0.15) is 46.0 Å². The van der Waals surface area contributed by atoms with Crippen molar-refractivity contribution in [2.24, 2.45) is 5.92 Å². The normalized spacial score (nSPS) is 26.0. The van der Waals surface area contributed by atoms with E-state index in [9.17, 15) is 0 Å². The number of rotatable bonds is 4. The Hall–Kier alpha value is -0.450. The highest BCUT2D eigenvalue weighted by Crippen LogP contribution is 2.32. The van der Waals surface area contributed by atoms with E-state index < -0.39 is 0 Å². The molecule has 2 rings (SSSR count). The Morgan fingerprint density at radius 2 is 2.26 bits per heavy atom. The average Bonchev–Trinajstić information content (AvgIpc) is 2.85. The minimum Gasteiger partial charge on any atom is -0.311 e. The van der Waals surface area contributed by atoms with Gasteiger partial charge in [-0.15, -0.1) is 11.3 Å². The smallest absolute Gasteiger partial charge is 0.112 e. The van der Waals surface area contributed by atoms with Crippen molar-refractivity contribution in [3.05, 3.63) is 16.6 Å². The van der Waals surface area contributed by atoms with Crippen LogP contribution in [0.25, 0.3) is 0 Å². The number of hydrogen-bond donors (Lipinski definition) is 1. The molecule has 2 unspecified atom stereocenters. The second-order valence-electron chi connectivity index (χ2n) is 6.63. The molecule has 108 valence electrons. The van der Waals surface area contributed by atoms with Gasteiger partial charge in [-0.2, -0.15) is 0 Å². The van der Waals surface area contributed by atoms with E-state index in [0.717, 1.165) is 19.0 Å². The molecule has 1 aliphatic rings. The molecule has 1 aliphatic heterocycles. The first kappa shape index (κ1) is 14.9. The summed E-state index contributed by atoms with van der Waals surface area (Å²) >= 11 is 1.77. The summed E-state index contributed by atoms with van der Waals surface area (Å²) in [6, 6.07) is 1.16. The van der Waals surface area contributed by atoms with Crippen molar-refractivity contribution in [2.45, 2.75) is 58.7 Å². The molecule has 1 fully saturated rings. The molecule has 0 bridgehead atoms. The Morgan fingerprint density at radius 1 is 1.53 bits per heavy atom. The van der Waals surface area contributed by atoms with Crippen LogP contribution < -0.4 is 5.32 Å². The molecule has 1 aromatic heterocycles. The van der Waals surface area contributed by atoms with Gasteiger partial charge in [-0.25, -0.2) is 4.98 Å². The second-order valence-corrected chi connectivity index (χ2v) is 7.53. The van der Waals surface area contributed by atoms with Gasteiger partial charge in [-0.3, -0.25) is 4.90 Å². The van der Waals surface area contributed by atoms with Gasteiger partial charge in [0, 0.05) is 36.8 Å². The molecular weight excluding hydrogens is 254 g/mol. The second kappa shape index (κ2) is 5.90. The van der Waals surface area contributed by atoms with Crippen LogP contribution in [0.5, 0.6) is 0 Å². The summed E-state index contributed by atoms with van der Waals surface area (Å²) in [6.45, 7) is 13.7. The zero-order valence-corrected chi connectivity index (χ0v) is 13.6. The molecule has 1 aromatic rings. The average molecular weight is 281 g/mol. The van der Waals surface area contributed by atoms with E-state index >= 15 is 0 Å². The van der Waals surface area contributed by atoms with E-state index in [0.29, 0.717) is 12.1 Å². The van der Waals surface area contributed by atoms with Crippen molar-refractivity contribution in [1.29, 1.82) is 0 Å². The van der Waals surface area contributed by atoms with E-state index in [4.69, 9.17) is 0 Å². The van der Waals surface area contributed by atoms with Crippen LogP contribution >= 0.6 is 11.3 Å². The summed E-state index contributed by atoms with van der Waals surface area (Å²) in [6.07, 6.45) is 3.16. The molecule has 0 radical (unpaired) electrons. The summed E-state index contributed by atoms with van der Waals surface area (Å²) in [4.78, 5) is 7.16. The predicted molar refractivity (Wildman–Crippen MR) is 82.6 cm³/mol. The van der Waals surface area contributed by atoms with Gasteiger partial charge in [-0.1, -0.05) is 13.8 Å². The Bertz CT molecular complexity index is 386. The monoisotopic (exact) mass is 281 g/mol. The molecule has 1 N–H and O–H groups in total. The molecule has 1 saturated heterocycles. The quantitative estimate of drug-likeness (QED) is 0.919. The fourth-order valence-corrected chi connectivity index (χ4v) is 3.86. The van der Waals surface area contributed by atoms with Crippen LogP contribution in [-0.2, 0) is 5.54 Å². The molecule has 2 atom stereocenters. The highest BCUT2D eigenvalue weighted by Gasteiger charge is 2.38. The van der Waals surface area contributed by atoms with E-state index in [1.54, 1.807) is 11.3 Å². The number of hydrogen-bond acceptors (Lipinski definition) is 4. The standard InChI is InChI=1S/C15H27N3S/c1-11(2)8-13-10-18(12(3)9-17-13)15(4,5)14-16-6-7-19-14/h6-7,11-13,17H,8-10H2,1-5H3. The maximum Gasteiger partial charge on any atom is 0.112 e. The molecule has 0 aromatic carbocycles. The van der Waals surface area contributed by atoms with Crippen molar-refractivity contribution in [2.75, 3.05) is 13.1 Å². The van der Waals surface area contributed by atoms with Crippen LogP contribution in [0.2, 0.25) is 0 Å². The topological polar surface area (TPSA) is 28.2 Å². The van der Waals surface area contributed by atoms with Crippen molar-refractivity contribution in [3.8, 4) is 0 Å². The molecule has 2 heterocycles. The lowest BCUT2D eigenvalue weighted by molar-refractivity contribution is 0.0321. The fourth-order valence-electron chi connectivity index (χ4n) is 3.08. The van der Waals surface area contributed by atoms with Crippen LogP contribution in [0.4, 0.5) is 0 Å². The van der Waals surface area contributed by atoms with Gasteiger partial charge in [0.1, 0.15) is 5.01 Å². The molecule has 0 spiro atoms. The first-order valence-corrected chi connectivity index (χ1v) is 8.19. The Morgan fingerprint density at radius 3 is 2.84 bits per heavy atom. The summed E-state index contributed by atoms with van der Waals surface area (Å²) in [5.74, 6) is 0.746. The Balaban J connectivity index is 2.12. The molecule has 3 nitrogen and oxygen atoms in total. The molecule has 4 heteroatoms. The SMILES string of the molecule is CC(C)CC1CN(C(C)(C)c2nccs2)C(C)CN1.